The second kappa shape index (κ2) is 23.3. The van der Waals surface area contributed by atoms with E-state index in [0.717, 1.165) is 53.6 Å². The van der Waals surface area contributed by atoms with Gasteiger partial charge in [-0.1, -0.05) is 151 Å². The van der Waals surface area contributed by atoms with Crippen molar-refractivity contribution in [3.05, 3.63) is 71.6 Å². The Morgan fingerprint density at radius 3 is 1.75 bits per heavy atom. The van der Waals surface area contributed by atoms with Crippen LogP contribution in [0.25, 0.3) is 32.1 Å². The third-order valence-corrected chi connectivity index (χ3v) is 23.2. The van der Waals surface area contributed by atoms with Gasteiger partial charge in [0.25, 0.3) is 0 Å². The third-order valence-electron chi connectivity index (χ3n) is 13.0. The minimum Gasteiger partial charge on any atom is -0.512 e. The van der Waals surface area contributed by atoms with Gasteiger partial charge in [-0.2, -0.15) is 11.3 Å². The number of aliphatic hydroxyl groups excluding tert-OH is 1. The summed E-state index contributed by atoms with van der Waals surface area (Å²) in [7, 11) is -1.90. The van der Waals surface area contributed by atoms with E-state index in [4.69, 9.17) is 4.98 Å². The van der Waals surface area contributed by atoms with Gasteiger partial charge in [0.2, 0.25) is 0 Å². The molecule has 307 valence electrons. The van der Waals surface area contributed by atoms with Crippen LogP contribution in [0.5, 0.6) is 0 Å². The predicted molar refractivity (Wildman–Crippen MR) is 242 cm³/mol. The fourth-order valence-corrected chi connectivity index (χ4v) is 21.4. The van der Waals surface area contributed by atoms with E-state index in [2.05, 4.69) is 116 Å². The van der Waals surface area contributed by atoms with Crippen LogP contribution in [0.15, 0.2) is 54.4 Å². The molecule has 0 fully saturated rings. The third kappa shape index (κ3) is 10.5. The number of ketones is 1. The minimum atomic E-state index is -1.90. The number of aromatic nitrogens is 1. The summed E-state index contributed by atoms with van der Waals surface area (Å²) in [6.45, 7) is 29.9. The molecule has 1 radical (unpaired) electrons. The first kappa shape index (κ1) is 49.0. The molecule has 0 aliphatic rings. The van der Waals surface area contributed by atoms with Crippen LogP contribution in [0.3, 0.4) is 0 Å². The van der Waals surface area contributed by atoms with Crippen LogP contribution in [0.2, 0.25) is 16.6 Å². The molecule has 2 aromatic carbocycles. The summed E-state index contributed by atoms with van der Waals surface area (Å²) in [6, 6.07) is 17.2. The Kier molecular flexibility index (Phi) is 20.8. The maximum Gasteiger partial charge on any atom is 0.162 e. The Morgan fingerprint density at radius 2 is 1.27 bits per heavy atom. The summed E-state index contributed by atoms with van der Waals surface area (Å²) in [5.74, 6) is 0.994. The Labute approximate surface area is 355 Å². The van der Waals surface area contributed by atoms with Gasteiger partial charge in [0.05, 0.1) is 5.76 Å². The predicted octanol–water partition coefficient (Wildman–Crippen LogP) is 15.4. The van der Waals surface area contributed by atoms with E-state index in [-0.39, 0.29) is 43.5 Å². The van der Waals surface area contributed by atoms with Crippen LogP contribution < -0.4 is 4.50 Å². The van der Waals surface area contributed by atoms with E-state index >= 15 is 0 Å². The Hall–Kier alpha value is -2.11. The van der Waals surface area contributed by atoms with Crippen molar-refractivity contribution >= 4 is 50.6 Å². The van der Waals surface area contributed by atoms with Crippen molar-refractivity contribution < 1.29 is 30.0 Å². The van der Waals surface area contributed by atoms with Gasteiger partial charge in [-0.3, -0.25) is 9.78 Å². The number of aliphatic hydroxyl groups is 1. The van der Waals surface area contributed by atoms with Crippen LogP contribution >= 0.6 is 11.3 Å². The summed E-state index contributed by atoms with van der Waals surface area (Å²) >= 11 is 2.13. The fourth-order valence-electron chi connectivity index (χ4n) is 9.84. The number of allylic oxidation sites excluding steroid dienone is 2. The SMILES string of the molecule is CCC(CC)C(=O)/C=C(\O)C(CC)CC.CCC(CC)[Si](c1sc2c(-c3[c-]c4ccccc4c(C(C)C)c3)nccc2c1C)(C(CC)CC)C(CC)CC.[Ir]. The van der Waals surface area contributed by atoms with Crippen LogP contribution in [0, 0.1) is 24.8 Å². The molecule has 3 nitrogen and oxygen atoms in total. The van der Waals surface area contributed by atoms with Crippen molar-refractivity contribution in [2.45, 2.75) is 177 Å². The number of thiophene rings is 1. The number of carbonyl (C=O) groups excluding carboxylic acids is 1. The van der Waals surface area contributed by atoms with E-state index < -0.39 is 8.07 Å². The molecule has 0 aliphatic heterocycles. The Balaban J connectivity index is 0.000000555. The van der Waals surface area contributed by atoms with Gasteiger partial charge in [0.15, 0.2) is 5.78 Å². The second-order valence-electron chi connectivity index (χ2n) is 15.9. The molecule has 2 heterocycles. The quantitative estimate of drug-likeness (QED) is 0.0441. The first-order valence-corrected chi connectivity index (χ1v) is 24.8. The molecule has 0 saturated heterocycles. The van der Waals surface area contributed by atoms with Crippen LogP contribution in [0.4, 0.5) is 0 Å². The van der Waals surface area contributed by atoms with Crippen molar-refractivity contribution in [3.63, 3.8) is 0 Å². The Bertz CT molecular complexity index is 1760. The zero-order chi connectivity index (χ0) is 40.2. The van der Waals surface area contributed by atoms with Gasteiger partial charge in [-0.15, -0.1) is 29.1 Å². The molecule has 4 aromatic rings. The standard InChI is InChI=1S/C36H50NSSi.C13H24O2.Ir/c1-10-28(11-2)39(29(12-3)13-4,30(14-5)15-6)36-25(9)31-20-21-37-34(35(31)38-36)27-22-26-18-16-17-19-32(26)33(23-27)24(7)8;1-5-10(6-2)12(14)9-13(15)11(7-3)8-4;/h16-21,23-24,28-30H,10-15H2,1-9H3;9-11,14H,5-8H2,1-4H3;/q-1;;/b;12-9-;. The summed E-state index contributed by atoms with van der Waals surface area (Å²) in [6.07, 6.45) is 14.7. The maximum atomic E-state index is 11.7. The molecule has 55 heavy (non-hydrogen) atoms. The molecular weight excluding hydrogens is 887 g/mol. The van der Waals surface area contributed by atoms with Crippen LogP contribution in [-0.2, 0) is 24.9 Å². The average Bonchev–Trinajstić information content (AvgIpc) is 3.52. The largest absolute Gasteiger partial charge is 0.512 e. The summed E-state index contributed by atoms with van der Waals surface area (Å²) < 4.78 is 3.17. The van der Waals surface area contributed by atoms with E-state index in [1.54, 1.807) is 10.1 Å². The van der Waals surface area contributed by atoms with Crippen molar-refractivity contribution in [2.75, 3.05) is 0 Å². The molecule has 0 saturated carbocycles. The number of pyridine rings is 1. The first-order valence-electron chi connectivity index (χ1n) is 21.7. The average molecular weight is 962 g/mol. The molecule has 4 rings (SSSR count). The monoisotopic (exact) mass is 961 g/mol. The van der Waals surface area contributed by atoms with Crippen molar-refractivity contribution in [2.24, 2.45) is 11.8 Å². The van der Waals surface area contributed by atoms with Crippen LogP contribution in [-0.4, -0.2) is 23.9 Å². The number of fused-ring (bicyclic) bond motifs is 2. The zero-order valence-electron chi connectivity index (χ0n) is 36.7. The van der Waals surface area contributed by atoms with E-state index in [1.165, 1.54) is 71.0 Å². The van der Waals surface area contributed by atoms with Crippen LogP contribution in [0.1, 0.15) is 164 Å². The topological polar surface area (TPSA) is 50.2 Å². The molecule has 6 heteroatoms. The van der Waals surface area contributed by atoms with Gasteiger partial charge in [-0.25, -0.2) is 0 Å². The van der Waals surface area contributed by atoms with Gasteiger partial charge in [0.1, 0.15) is 8.07 Å². The van der Waals surface area contributed by atoms with E-state index in [0.29, 0.717) is 5.92 Å². The van der Waals surface area contributed by atoms with Gasteiger partial charge >= 0.3 is 0 Å². The zero-order valence-corrected chi connectivity index (χ0v) is 40.9. The molecule has 0 unspecified atom stereocenters. The number of hydrogen-bond acceptors (Lipinski definition) is 4. The number of benzene rings is 2. The summed E-state index contributed by atoms with van der Waals surface area (Å²) in [5, 5.41) is 13.7. The van der Waals surface area contributed by atoms with E-state index in [1.807, 2.05) is 33.9 Å². The summed E-state index contributed by atoms with van der Waals surface area (Å²) in [4.78, 5) is 16.8. The van der Waals surface area contributed by atoms with E-state index in [9.17, 15) is 9.90 Å². The van der Waals surface area contributed by atoms with Crippen molar-refractivity contribution in [3.8, 4) is 11.3 Å². The molecule has 1 N–H and O–H groups in total. The van der Waals surface area contributed by atoms with Gasteiger partial charge in [0, 0.05) is 54.6 Å². The number of hydrogen-bond donors (Lipinski definition) is 1. The molecule has 0 aliphatic carbocycles. The van der Waals surface area contributed by atoms with Gasteiger partial charge < -0.3 is 5.11 Å². The number of aryl methyl sites for hydroxylation is 1. The first-order chi connectivity index (χ1) is 25.9. The van der Waals surface area contributed by atoms with Crippen molar-refractivity contribution in [1.82, 2.24) is 4.98 Å². The second-order valence-corrected chi connectivity index (χ2v) is 22.1. The fraction of sp³-hybridized carbons (Fsp3) is 0.592. The molecule has 0 amide bonds. The molecule has 2 aromatic heterocycles. The van der Waals surface area contributed by atoms with Crippen molar-refractivity contribution in [1.29, 1.82) is 0 Å². The molecule has 0 atom stereocenters. The normalized spacial score (nSPS) is 12.5. The number of nitrogens with zero attached hydrogens (tertiary/aromatic N) is 1. The minimum absolute atomic E-state index is 0. The molecule has 0 spiro atoms. The molecule has 0 bridgehead atoms. The Morgan fingerprint density at radius 1 is 0.764 bits per heavy atom. The number of carbonyl (C=O) groups is 1. The summed E-state index contributed by atoms with van der Waals surface area (Å²) in [5.41, 5.74) is 7.67. The molecular formula is C49H74IrNO2SSi-. The smallest absolute Gasteiger partial charge is 0.162 e. The van der Waals surface area contributed by atoms with Gasteiger partial charge in [-0.05, 0) is 76.7 Å². The maximum absolute atomic E-state index is 11.7. The number of rotatable bonds is 19.